The summed E-state index contributed by atoms with van der Waals surface area (Å²) in [7, 11) is 10.0. The molecule has 4 heteroatoms. The van der Waals surface area contributed by atoms with Gasteiger partial charge in [0.1, 0.15) is 0 Å². The maximum Gasteiger partial charge on any atom is 0.0675 e. The quantitative estimate of drug-likeness (QED) is 0.433. The van der Waals surface area contributed by atoms with E-state index in [0.717, 1.165) is 4.48 Å². The molecule has 0 heterocycles. The third-order valence-corrected chi connectivity index (χ3v) is 0. The van der Waals surface area contributed by atoms with E-state index in [9.17, 15) is 0 Å². The van der Waals surface area contributed by atoms with Crippen molar-refractivity contribution in [2.24, 2.45) is 5.73 Å². The van der Waals surface area contributed by atoms with Gasteiger partial charge in [-0.25, -0.2) is 0 Å². The zero-order chi connectivity index (χ0) is 6.50. The largest absolute Gasteiger partial charge is 0.870 e. The summed E-state index contributed by atoms with van der Waals surface area (Å²) in [4.78, 5) is 0. The highest BCUT2D eigenvalue weighted by molar-refractivity contribution is 3.87. The van der Waals surface area contributed by atoms with Crippen molar-refractivity contribution in [2.45, 2.75) is 0 Å². The molecule has 0 aliphatic rings. The monoisotopic (exact) mass is 140 g/mol. The molecule has 0 aromatic heterocycles. The van der Waals surface area contributed by atoms with E-state index in [4.69, 9.17) is 0 Å². The second-order valence-electron chi connectivity index (χ2n) is 2.68. The van der Waals surface area contributed by atoms with Gasteiger partial charge < -0.3 is 21.2 Å². The lowest BCUT2D eigenvalue weighted by atomic mass is 10.8. The molecule has 0 saturated heterocycles. The second-order valence-corrected chi connectivity index (χ2v) is 2.68. The zero-order valence-electron chi connectivity index (χ0n) is 6.97. The minimum absolute atomic E-state index is 0. The molecule has 0 saturated carbocycles. The average molecular weight is 140 g/mol. The Hall–Kier alpha value is -0.160. The summed E-state index contributed by atoms with van der Waals surface area (Å²) in [6.07, 6.45) is 0. The molecule has 5 N–H and O–H groups in total. The van der Waals surface area contributed by atoms with Crippen LogP contribution in [0, 0.1) is 0 Å². The average Bonchev–Trinajstić information content (AvgIpc) is 1.36. The van der Waals surface area contributed by atoms with Crippen LogP contribution in [0.2, 0.25) is 0 Å². The van der Waals surface area contributed by atoms with E-state index in [-0.39, 0.29) is 11.0 Å². The molecule has 0 aliphatic carbocycles. The minimum Gasteiger partial charge on any atom is -0.870 e. The molecule has 62 valence electrons. The van der Waals surface area contributed by atoms with E-state index in [1.54, 1.807) is 0 Å². The van der Waals surface area contributed by atoms with E-state index < -0.39 is 0 Å². The Balaban J connectivity index is -0.0000000286. The van der Waals surface area contributed by atoms with Gasteiger partial charge in [0.2, 0.25) is 0 Å². The molecule has 0 atom stereocenters. The fraction of sp³-hybridized carbons (Fsp3) is 1.00. The molecular formula is C5H20N2O2. The van der Waals surface area contributed by atoms with Crippen molar-refractivity contribution in [2.75, 3.05) is 35.2 Å². The summed E-state index contributed by atoms with van der Waals surface area (Å²) < 4.78 is 1.00. The van der Waals surface area contributed by atoms with Crippen LogP contribution < -0.4 is 5.73 Å². The second kappa shape index (κ2) is 10.8. The highest BCUT2D eigenvalue weighted by Crippen LogP contribution is 1.73. The summed E-state index contributed by atoms with van der Waals surface area (Å²) in [5.41, 5.74) is 4.50. The normalized spacial score (nSPS) is 7.33. The Morgan fingerprint density at radius 3 is 0.889 bits per heavy atom. The van der Waals surface area contributed by atoms with Crippen molar-refractivity contribution in [3.63, 3.8) is 0 Å². The van der Waals surface area contributed by atoms with Gasteiger partial charge in [0, 0.05) is 0 Å². The zero-order valence-corrected chi connectivity index (χ0v) is 6.97. The van der Waals surface area contributed by atoms with Crippen molar-refractivity contribution in [1.82, 2.24) is 0 Å². The topological polar surface area (TPSA) is 87.5 Å². The van der Waals surface area contributed by atoms with Crippen molar-refractivity contribution in [3.8, 4) is 0 Å². The Kier molecular flexibility index (Phi) is 27.7. The van der Waals surface area contributed by atoms with Gasteiger partial charge >= 0.3 is 0 Å². The third-order valence-electron chi connectivity index (χ3n) is 0. The van der Waals surface area contributed by atoms with Crippen molar-refractivity contribution < 1.29 is 15.4 Å². The minimum atomic E-state index is 0. The molecule has 0 aromatic rings. The molecule has 0 bridgehead atoms. The van der Waals surface area contributed by atoms with Crippen molar-refractivity contribution in [1.29, 1.82) is 0 Å². The van der Waals surface area contributed by atoms with Gasteiger partial charge in [0.25, 0.3) is 0 Å². The van der Waals surface area contributed by atoms with Gasteiger partial charge in [0.15, 0.2) is 0 Å². The molecule has 0 rings (SSSR count). The van der Waals surface area contributed by atoms with Crippen LogP contribution in [0.15, 0.2) is 0 Å². The summed E-state index contributed by atoms with van der Waals surface area (Å²) in [5, 5.41) is 0. The third kappa shape index (κ3) is 10400. The summed E-state index contributed by atoms with van der Waals surface area (Å²) in [5.74, 6) is 0. The lowest BCUT2D eigenvalue weighted by Gasteiger charge is -2.14. The molecule has 0 amide bonds. The van der Waals surface area contributed by atoms with Crippen LogP contribution in [-0.2, 0) is 0 Å². The number of quaternary nitrogens is 1. The van der Waals surface area contributed by atoms with Gasteiger partial charge in [-0.3, -0.25) is 0 Å². The first-order valence-electron chi connectivity index (χ1n) is 2.37. The predicted octanol–water partition coefficient (Wildman–Crippen LogP) is -1.10. The Bertz CT molecular complexity index is 28.4. The molecule has 9 heavy (non-hydrogen) atoms. The number of nitrogens with zero attached hydrogens (tertiary/aromatic N) is 1. The molecule has 0 aromatic carbocycles. The van der Waals surface area contributed by atoms with E-state index in [0.29, 0.717) is 0 Å². The van der Waals surface area contributed by atoms with Gasteiger partial charge in [0.05, 0.1) is 28.2 Å². The highest BCUT2D eigenvalue weighted by atomic mass is 16.0. The molecular weight excluding hydrogens is 120 g/mol. The first kappa shape index (κ1) is 23.2. The summed E-state index contributed by atoms with van der Waals surface area (Å²) in [6.45, 7) is 0. The van der Waals surface area contributed by atoms with Crippen molar-refractivity contribution >= 4 is 0 Å². The predicted molar refractivity (Wildman–Crippen MR) is 39.6 cm³/mol. The van der Waals surface area contributed by atoms with Gasteiger partial charge in [-0.15, -0.1) is 0 Å². The van der Waals surface area contributed by atoms with Crippen LogP contribution in [0.4, 0.5) is 0 Å². The summed E-state index contributed by atoms with van der Waals surface area (Å²) in [6, 6.07) is 0. The SMILES string of the molecule is CN.C[N+](C)(C)C.O.[OH-]. The molecule has 0 fully saturated rings. The molecule has 0 unspecified atom stereocenters. The fourth-order valence-corrected chi connectivity index (χ4v) is 0. The standard InChI is InChI=1S/C4H12N.CH5N.2H2O/c1-5(2,3)4;1-2;;/h1-4H3;2H2,1H3;2*1H2/q+1;;;/p-1. The van der Waals surface area contributed by atoms with Crippen LogP contribution in [0.5, 0.6) is 0 Å². The first-order chi connectivity index (χ1) is 3.00. The van der Waals surface area contributed by atoms with E-state index in [1.165, 1.54) is 7.05 Å². The Labute approximate surface area is 57.5 Å². The van der Waals surface area contributed by atoms with Gasteiger partial charge in [-0.05, 0) is 7.05 Å². The van der Waals surface area contributed by atoms with E-state index >= 15 is 0 Å². The van der Waals surface area contributed by atoms with E-state index in [2.05, 4.69) is 33.9 Å². The lowest BCUT2D eigenvalue weighted by molar-refractivity contribution is -0.849. The molecule has 0 aliphatic heterocycles. The van der Waals surface area contributed by atoms with Crippen LogP contribution in [0.25, 0.3) is 0 Å². The van der Waals surface area contributed by atoms with Crippen LogP contribution in [0.3, 0.4) is 0 Å². The Morgan fingerprint density at radius 2 is 0.889 bits per heavy atom. The van der Waals surface area contributed by atoms with Crippen molar-refractivity contribution in [3.05, 3.63) is 0 Å². The highest BCUT2D eigenvalue weighted by Gasteiger charge is 1.88. The molecule has 4 nitrogen and oxygen atoms in total. The first-order valence-corrected chi connectivity index (χ1v) is 2.37. The molecule has 0 radical (unpaired) electrons. The molecule has 0 spiro atoms. The van der Waals surface area contributed by atoms with Gasteiger partial charge in [-0.1, -0.05) is 0 Å². The summed E-state index contributed by atoms with van der Waals surface area (Å²) >= 11 is 0. The number of hydrogen-bond acceptors (Lipinski definition) is 2. The van der Waals surface area contributed by atoms with Crippen LogP contribution in [0.1, 0.15) is 0 Å². The lowest BCUT2D eigenvalue weighted by Crippen LogP contribution is -2.27. The van der Waals surface area contributed by atoms with Crippen LogP contribution >= 0.6 is 0 Å². The number of nitrogens with two attached hydrogens (primary N) is 1. The fourth-order valence-electron chi connectivity index (χ4n) is 0. The maximum atomic E-state index is 4.50. The van der Waals surface area contributed by atoms with Gasteiger partial charge in [-0.2, -0.15) is 0 Å². The number of hydrogen-bond donors (Lipinski definition) is 1. The van der Waals surface area contributed by atoms with Crippen LogP contribution in [-0.4, -0.2) is 50.7 Å². The number of rotatable bonds is 0. The Morgan fingerprint density at radius 1 is 0.889 bits per heavy atom. The smallest absolute Gasteiger partial charge is 0.0675 e. The maximum absolute atomic E-state index is 4.50. The van der Waals surface area contributed by atoms with E-state index in [1.807, 2.05) is 0 Å².